The molecule has 7 nitrogen and oxygen atoms in total. The molecule has 1 aromatic carbocycles. The maximum absolute atomic E-state index is 13.2. The number of hydrogen-bond donors (Lipinski definition) is 2. The number of rotatable bonds is 3. The maximum Gasteiger partial charge on any atom is 0.254 e. The molecule has 0 saturated carbocycles. The van der Waals surface area contributed by atoms with Gasteiger partial charge in [0.15, 0.2) is 0 Å². The van der Waals surface area contributed by atoms with Gasteiger partial charge in [0.25, 0.3) is 11.5 Å². The molecule has 0 aliphatic carbocycles. The lowest BCUT2D eigenvalue weighted by atomic mass is 9.93. The van der Waals surface area contributed by atoms with E-state index in [1.165, 1.54) is 0 Å². The van der Waals surface area contributed by atoms with Gasteiger partial charge >= 0.3 is 0 Å². The van der Waals surface area contributed by atoms with Gasteiger partial charge in [-0.05, 0) is 25.8 Å². The summed E-state index contributed by atoms with van der Waals surface area (Å²) in [6.45, 7) is 3.03. The van der Waals surface area contributed by atoms with Gasteiger partial charge in [0.2, 0.25) is 0 Å². The van der Waals surface area contributed by atoms with Crippen molar-refractivity contribution in [3.63, 3.8) is 0 Å². The van der Waals surface area contributed by atoms with E-state index in [-0.39, 0.29) is 17.4 Å². The number of nitrogens with one attached hydrogen (secondary N) is 2. The number of carbonyl (C=O) groups is 1. The van der Waals surface area contributed by atoms with Crippen LogP contribution >= 0.6 is 0 Å². The second-order valence-electron chi connectivity index (χ2n) is 6.83. The van der Waals surface area contributed by atoms with Crippen molar-refractivity contribution in [1.29, 1.82) is 0 Å². The molecule has 138 valence electrons. The van der Waals surface area contributed by atoms with Gasteiger partial charge < -0.3 is 14.9 Å². The van der Waals surface area contributed by atoms with E-state index in [0.29, 0.717) is 30.3 Å². The highest BCUT2D eigenvalue weighted by molar-refractivity contribution is 6.00. The third-order valence-corrected chi connectivity index (χ3v) is 4.92. The van der Waals surface area contributed by atoms with E-state index in [2.05, 4.69) is 19.9 Å². The second-order valence-corrected chi connectivity index (χ2v) is 6.83. The molecular weight excluding hydrogens is 342 g/mol. The van der Waals surface area contributed by atoms with Crippen LogP contribution in [-0.2, 0) is 0 Å². The maximum atomic E-state index is 13.2. The molecule has 2 N–H and O–H groups in total. The SMILES string of the molecule is Cc1nc([C@@H]2CCCN(C(=O)c3ccccc3-c3ncc[nH]3)C2)cc(=O)[nH]1. The lowest BCUT2D eigenvalue weighted by molar-refractivity contribution is 0.0706. The molecule has 0 bridgehead atoms. The van der Waals surface area contributed by atoms with Crippen molar-refractivity contribution in [3.8, 4) is 11.4 Å². The Morgan fingerprint density at radius 2 is 2.15 bits per heavy atom. The molecule has 1 aliphatic rings. The quantitative estimate of drug-likeness (QED) is 0.747. The summed E-state index contributed by atoms with van der Waals surface area (Å²) in [5, 5.41) is 0. The summed E-state index contributed by atoms with van der Waals surface area (Å²) in [7, 11) is 0. The average Bonchev–Trinajstić information content (AvgIpc) is 3.21. The van der Waals surface area contributed by atoms with E-state index in [1.807, 2.05) is 29.2 Å². The number of benzene rings is 1. The predicted octanol–water partition coefficient (Wildman–Crippen LogP) is 2.49. The van der Waals surface area contributed by atoms with E-state index >= 15 is 0 Å². The van der Waals surface area contributed by atoms with E-state index in [4.69, 9.17) is 0 Å². The van der Waals surface area contributed by atoms with Crippen molar-refractivity contribution >= 4 is 5.91 Å². The highest BCUT2D eigenvalue weighted by Gasteiger charge is 2.28. The number of amides is 1. The number of aryl methyl sites for hydroxylation is 1. The Morgan fingerprint density at radius 3 is 2.93 bits per heavy atom. The fourth-order valence-electron chi connectivity index (χ4n) is 3.67. The monoisotopic (exact) mass is 363 g/mol. The van der Waals surface area contributed by atoms with Crippen LogP contribution in [0.15, 0.2) is 47.5 Å². The van der Waals surface area contributed by atoms with Gasteiger partial charge in [-0.15, -0.1) is 0 Å². The summed E-state index contributed by atoms with van der Waals surface area (Å²) in [5.41, 5.74) is 2.03. The van der Waals surface area contributed by atoms with Crippen LogP contribution < -0.4 is 5.56 Å². The van der Waals surface area contributed by atoms with Crippen molar-refractivity contribution < 1.29 is 4.79 Å². The Hall–Kier alpha value is -3.22. The third kappa shape index (κ3) is 3.53. The van der Waals surface area contributed by atoms with Gasteiger partial charge in [-0.2, -0.15) is 0 Å². The molecule has 27 heavy (non-hydrogen) atoms. The largest absolute Gasteiger partial charge is 0.345 e. The fourth-order valence-corrected chi connectivity index (χ4v) is 3.67. The molecule has 1 aliphatic heterocycles. The normalized spacial score (nSPS) is 17.1. The van der Waals surface area contributed by atoms with Gasteiger partial charge in [-0.1, -0.05) is 18.2 Å². The number of carbonyl (C=O) groups excluding carboxylic acids is 1. The average molecular weight is 363 g/mol. The summed E-state index contributed by atoms with van der Waals surface area (Å²) in [6.07, 6.45) is 5.22. The van der Waals surface area contributed by atoms with Gasteiger partial charge in [0.1, 0.15) is 11.6 Å². The standard InChI is InChI=1S/C20H21N5O2/c1-13-23-17(11-18(26)24-13)14-5-4-10-25(12-14)20(27)16-7-3-2-6-15(16)19-21-8-9-22-19/h2-3,6-9,11,14H,4-5,10,12H2,1H3,(H,21,22)(H,23,24,26)/t14-/m1/s1. The number of imidazole rings is 1. The number of aromatic nitrogens is 4. The van der Waals surface area contributed by atoms with Gasteiger partial charge in [0, 0.05) is 43.0 Å². The first kappa shape index (κ1) is 17.2. The van der Waals surface area contributed by atoms with Gasteiger partial charge in [-0.3, -0.25) is 9.59 Å². The number of H-pyrrole nitrogens is 2. The number of aromatic amines is 2. The minimum atomic E-state index is -0.149. The first-order valence-corrected chi connectivity index (χ1v) is 9.08. The molecule has 1 fully saturated rings. The molecule has 7 heteroatoms. The van der Waals surface area contributed by atoms with Crippen LogP contribution in [0.3, 0.4) is 0 Å². The highest BCUT2D eigenvalue weighted by Crippen LogP contribution is 2.28. The Morgan fingerprint density at radius 1 is 1.30 bits per heavy atom. The number of piperidine rings is 1. The molecule has 1 amide bonds. The first-order chi connectivity index (χ1) is 13.1. The van der Waals surface area contributed by atoms with Crippen molar-refractivity contribution in [3.05, 3.63) is 70.2 Å². The number of hydrogen-bond acceptors (Lipinski definition) is 4. The fraction of sp³-hybridized carbons (Fsp3) is 0.300. The van der Waals surface area contributed by atoms with Crippen molar-refractivity contribution in [1.82, 2.24) is 24.8 Å². The van der Waals surface area contributed by atoms with Crippen LogP contribution in [0, 0.1) is 6.92 Å². The minimum absolute atomic E-state index is 0.0201. The third-order valence-electron chi connectivity index (χ3n) is 4.92. The van der Waals surface area contributed by atoms with Crippen molar-refractivity contribution in [2.75, 3.05) is 13.1 Å². The number of nitrogens with zero attached hydrogens (tertiary/aromatic N) is 3. The zero-order valence-corrected chi connectivity index (χ0v) is 15.1. The minimum Gasteiger partial charge on any atom is -0.345 e. The molecule has 0 radical (unpaired) electrons. The van der Waals surface area contributed by atoms with Crippen LogP contribution in [0.5, 0.6) is 0 Å². The lowest BCUT2D eigenvalue weighted by Crippen LogP contribution is -2.39. The highest BCUT2D eigenvalue weighted by atomic mass is 16.2. The zero-order valence-electron chi connectivity index (χ0n) is 15.1. The smallest absolute Gasteiger partial charge is 0.254 e. The summed E-state index contributed by atoms with van der Waals surface area (Å²) in [6, 6.07) is 9.04. The van der Waals surface area contributed by atoms with Crippen LogP contribution in [0.25, 0.3) is 11.4 Å². The molecular formula is C20H21N5O2. The van der Waals surface area contributed by atoms with E-state index in [9.17, 15) is 9.59 Å². The Balaban J connectivity index is 1.61. The topological polar surface area (TPSA) is 94.7 Å². The lowest BCUT2D eigenvalue weighted by Gasteiger charge is -2.33. The Bertz CT molecular complexity index is 1010. The molecule has 4 rings (SSSR count). The van der Waals surface area contributed by atoms with Crippen LogP contribution in [0.4, 0.5) is 0 Å². The van der Waals surface area contributed by atoms with Crippen LogP contribution in [0.1, 0.15) is 40.6 Å². The first-order valence-electron chi connectivity index (χ1n) is 9.08. The van der Waals surface area contributed by atoms with E-state index in [1.54, 1.807) is 25.4 Å². The zero-order chi connectivity index (χ0) is 18.8. The molecule has 3 aromatic rings. The molecule has 2 aromatic heterocycles. The Labute approximate surface area is 156 Å². The molecule has 0 unspecified atom stereocenters. The molecule has 0 spiro atoms. The number of likely N-dealkylation sites (tertiary alicyclic amines) is 1. The summed E-state index contributed by atoms with van der Waals surface area (Å²) < 4.78 is 0. The summed E-state index contributed by atoms with van der Waals surface area (Å²) >= 11 is 0. The van der Waals surface area contributed by atoms with Crippen molar-refractivity contribution in [2.24, 2.45) is 0 Å². The second kappa shape index (κ2) is 7.19. The molecule has 1 saturated heterocycles. The van der Waals surface area contributed by atoms with Gasteiger partial charge in [-0.25, -0.2) is 9.97 Å². The van der Waals surface area contributed by atoms with Crippen LogP contribution in [0.2, 0.25) is 0 Å². The van der Waals surface area contributed by atoms with Gasteiger partial charge in [0.05, 0.1) is 11.3 Å². The van der Waals surface area contributed by atoms with Crippen molar-refractivity contribution in [2.45, 2.75) is 25.7 Å². The summed E-state index contributed by atoms with van der Waals surface area (Å²) in [4.78, 5) is 41.4. The van der Waals surface area contributed by atoms with E-state index in [0.717, 1.165) is 24.1 Å². The molecule has 3 heterocycles. The molecule has 1 atom stereocenters. The summed E-state index contributed by atoms with van der Waals surface area (Å²) in [5.74, 6) is 1.33. The predicted molar refractivity (Wildman–Crippen MR) is 101 cm³/mol. The van der Waals surface area contributed by atoms with E-state index < -0.39 is 0 Å². The Kier molecular flexibility index (Phi) is 4.58. The van der Waals surface area contributed by atoms with Crippen LogP contribution in [-0.4, -0.2) is 43.8 Å².